The van der Waals surface area contributed by atoms with Gasteiger partial charge in [0.05, 0.1) is 0 Å². The van der Waals surface area contributed by atoms with E-state index in [0.29, 0.717) is 12.0 Å². The van der Waals surface area contributed by atoms with Crippen LogP contribution in [0.25, 0.3) is 0 Å². The zero-order valence-corrected chi connectivity index (χ0v) is 13.2. The summed E-state index contributed by atoms with van der Waals surface area (Å²) in [4.78, 5) is 11.2. The molecule has 0 saturated heterocycles. The van der Waals surface area contributed by atoms with Crippen molar-refractivity contribution in [2.75, 3.05) is 10.3 Å². The minimum Gasteiger partial charge on any atom is -0.349 e. The number of aromatic nitrogens is 2. The highest BCUT2D eigenvalue weighted by molar-refractivity contribution is 7.07. The van der Waals surface area contributed by atoms with E-state index in [1.807, 2.05) is 0 Å². The lowest BCUT2D eigenvalue weighted by atomic mass is 10.0. The largest absolute Gasteiger partial charge is 0.349 e. The molecule has 0 radical (unpaired) electrons. The molecular formula is C15H21N5S. The molecule has 0 atom stereocenters. The number of hydrazine groups is 1. The van der Waals surface area contributed by atoms with Gasteiger partial charge in [-0.3, -0.25) is 0 Å². The van der Waals surface area contributed by atoms with Crippen molar-refractivity contribution in [2.24, 2.45) is 5.84 Å². The van der Waals surface area contributed by atoms with Crippen LogP contribution >= 0.6 is 11.3 Å². The van der Waals surface area contributed by atoms with Gasteiger partial charge in [0, 0.05) is 18.2 Å². The summed E-state index contributed by atoms with van der Waals surface area (Å²) in [6.07, 6.45) is 4.06. The van der Waals surface area contributed by atoms with Crippen LogP contribution in [0.4, 0.5) is 11.6 Å². The van der Waals surface area contributed by atoms with E-state index in [-0.39, 0.29) is 0 Å². The van der Waals surface area contributed by atoms with Crippen molar-refractivity contribution in [2.45, 2.75) is 45.2 Å². The van der Waals surface area contributed by atoms with E-state index in [4.69, 9.17) is 5.84 Å². The summed E-state index contributed by atoms with van der Waals surface area (Å²) < 4.78 is 0. The Kier molecular flexibility index (Phi) is 4.07. The van der Waals surface area contributed by atoms with Gasteiger partial charge in [0.15, 0.2) is 0 Å². The number of hydrogen-bond acceptors (Lipinski definition) is 6. The first-order valence-electron chi connectivity index (χ1n) is 7.30. The molecule has 0 aromatic carbocycles. The molecular weight excluding hydrogens is 282 g/mol. The fourth-order valence-corrected chi connectivity index (χ4v) is 3.26. The molecule has 3 rings (SSSR count). The quantitative estimate of drug-likeness (QED) is 0.634. The molecule has 0 amide bonds. The van der Waals surface area contributed by atoms with E-state index in [9.17, 15) is 0 Å². The number of nitrogens with one attached hydrogen (secondary N) is 1. The number of hydrogen-bond donors (Lipinski definition) is 2. The van der Waals surface area contributed by atoms with Crippen molar-refractivity contribution in [1.29, 1.82) is 0 Å². The first kappa shape index (κ1) is 14.3. The maximum atomic E-state index is 5.63. The van der Waals surface area contributed by atoms with Gasteiger partial charge in [-0.25, -0.2) is 15.8 Å². The van der Waals surface area contributed by atoms with Crippen LogP contribution in [-0.4, -0.2) is 16.0 Å². The van der Waals surface area contributed by atoms with Crippen molar-refractivity contribution in [3.8, 4) is 0 Å². The normalized spacial score (nSPS) is 14.5. The molecule has 1 fully saturated rings. The van der Waals surface area contributed by atoms with Gasteiger partial charge < -0.3 is 10.3 Å². The smallest absolute Gasteiger partial charge is 0.148 e. The highest BCUT2D eigenvalue weighted by Crippen LogP contribution is 2.38. The van der Waals surface area contributed by atoms with Crippen LogP contribution in [0.1, 0.15) is 43.7 Å². The minimum absolute atomic E-state index is 0.316. The van der Waals surface area contributed by atoms with E-state index in [0.717, 1.165) is 23.7 Å². The van der Waals surface area contributed by atoms with E-state index in [1.54, 1.807) is 17.7 Å². The van der Waals surface area contributed by atoms with Gasteiger partial charge in [0.1, 0.15) is 18.0 Å². The fourth-order valence-electron chi connectivity index (χ4n) is 2.60. The standard InChI is InChI=1S/C15H21N5S/c1-10(2)13-14(19-16)17-9-18-15(13)20(12-3-4-12)7-11-5-6-21-8-11/h5-6,8-10,12H,3-4,7,16H2,1-2H3,(H,17,18,19). The lowest BCUT2D eigenvalue weighted by molar-refractivity contribution is 0.748. The van der Waals surface area contributed by atoms with E-state index in [2.05, 4.69) is 51.0 Å². The first-order valence-corrected chi connectivity index (χ1v) is 8.24. The molecule has 21 heavy (non-hydrogen) atoms. The van der Waals surface area contributed by atoms with Crippen LogP contribution in [-0.2, 0) is 6.54 Å². The molecule has 2 aromatic heterocycles. The predicted octanol–water partition coefficient (Wildman–Crippen LogP) is 3.12. The van der Waals surface area contributed by atoms with Crippen LogP contribution in [0.3, 0.4) is 0 Å². The highest BCUT2D eigenvalue weighted by atomic mass is 32.1. The fraction of sp³-hybridized carbons (Fsp3) is 0.467. The third kappa shape index (κ3) is 3.01. The molecule has 5 nitrogen and oxygen atoms in total. The number of thiophene rings is 1. The van der Waals surface area contributed by atoms with Crippen LogP contribution in [0, 0.1) is 0 Å². The van der Waals surface area contributed by atoms with Gasteiger partial charge in [-0.1, -0.05) is 13.8 Å². The van der Waals surface area contributed by atoms with Crippen molar-refractivity contribution in [1.82, 2.24) is 9.97 Å². The Labute approximate surface area is 129 Å². The Bertz CT molecular complexity index is 592. The number of nitrogens with two attached hydrogens (primary N) is 1. The Balaban J connectivity index is 1.99. The summed E-state index contributed by atoms with van der Waals surface area (Å²) in [6, 6.07) is 2.76. The molecule has 112 valence electrons. The van der Waals surface area contributed by atoms with Crippen LogP contribution < -0.4 is 16.2 Å². The molecule has 0 aliphatic heterocycles. The second kappa shape index (κ2) is 5.99. The SMILES string of the molecule is CC(C)c1c(NN)ncnc1N(Cc1ccsc1)C1CC1. The van der Waals surface area contributed by atoms with Gasteiger partial charge in [0.2, 0.25) is 0 Å². The number of nitrogens with zero attached hydrogens (tertiary/aromatic N) is 3. The third-order valence-electron chi connectivity index (χ3n) is 3.77. The monoisotopic (exact) mass is 303 g/mol. The summed E-state index contributed by atoms with van der Waals surface area (Å²) in [6.45, 7) is 5.20. The van der Waals surface area contributed by atoms with Crippen LogP contribution in [0.15, 0.2) is 23.2 Å². The number of rotatable bonds is 6. The second-order valence-corrected chi connectivity index (χ2v) is 6.53. The van der Waals surface area contributed by atoms with Gasteiger partial charge >= 0.3 is 0 Å². The number of anilines is 2. The molecule has 1 saturated carbocycles. The molecule has 2 aromatic rings. The van der Waals surface area contributed by atoms with Crippen LogP contribution in [0.5, 0.6) is 0 Å². The molecule has 2 heterocycles. The van der Waals surface area contributed by atoms with Gasteiger partial charge in [0.25, 0.3) is 0 Å². The zero-order chi connectivity index (χ0) is 14.8. The summed E-state index contributed by atoms with van der Waals surface area (Å²) >= 11 is 1.74. The minimum atomic E-state index is 0.316. The average molecular weight is 303 g/mol. The second-order valence-electron chi connectivity index (χ2n) is 5.75. The molecule has 0 spiro atoms. The van der Waals surface area contributed by atoms with E-state index in [1.165, 1.54) is 18.4 Å². The molecule has 0 unspecified atom stereocenters. The Hall–Kier alpha value is -1.66. The lowest BCUT2D eigenvalue weighted by Crippen LogP contribution is -2.28. The van der Waals surface area contributed by atoms with Gasteiger partial charge in [-0.2, -0.15) is 11.3 Å². The van der Waals surface area contributed by atoms with Crippen molar-refractivity contribution in [3.05, 3.63) is 34.3 Å². The Morgan fingerprint density at radius 3 is 2.81 bits per heavy atom. The molecule has 1 aliphatic rings. The summed E-state index contributed by atoms with van der Waals surface area (Å²) in [5.41, 5.74) is 5.15. The maximum Gasteiger partial charge on any atom is 0.148 e. The van der Waals surface area contributed by atoms with Crippen molar-refractivity contribution >= 4 is 23.0 Å². The average Bonchev–Trinajstić information content (AvgIpc) is 3.20. The van der Waals surface area contributed by atoms with Crippen molar-refractivity contribution in [3.63, 3.8) is 0 Å². The maximum absolute atomic E-state index is 5.63. The molecule has 6 heteroatoms. The first-order chi connectivity index (χ1) is 10.2. The third-order valence-corrected chi connectivity index (χ3v) is 4.50. The molecule has 3 N–H and O–H groups in total. The van der Waals surface area contributed by atoms with Gasteiger partial charge in [-0.05, 0) is 41.1 Å². The molecule has 0 bridgehead atoms. The summed E-state index contributed by atoms with van der Waals surface area (Å²) in [5.74, 6) is 7.69. The number of nitrogen functional groups attached to an aromatic ring is 1. The Morgan fingerprint density at radius 1 is 1.43 bits per heavy atom. The van der Waals surface area contributed by atoms with Crippen molar-refractivity contribution < 1.29 is 0 Å². The van der Waals surface area contributed by atoms with E-state index >= 15 is 0 Å². The topological polar surface area (TPSA) is 67.1 Å². The highest BCUT2D eigenvalue weighted by Gasteiger charge is 2.32. The van der Waals surface area contributed by atoms with Gasteiger partial charge in [-0.15, -0.1) is 0 Å². The summed E-state index contributed by atoms with van der Waals surface area (Å²) in [7, 11) is 0. The Morgan fingerprint density at radius 2 is 2.24 bits per heavy atom. The van der Waals surface area contributed by atoms with E-state index < -0.39 is 0 Å². The van der Waals surface area contributed by atoms with Crippen LogP contribution in [0.2, 0.25) is 0 Å². The lowest BCUT2D eigenvalue weighted by Gasteiger charge is -2.27. The predicted molar refractivity (Wildman–Crippen MR) is 87.5 cm³/mol. The zero-order valence-electron chi connectivity index (χ0n) is 12.4. The summed E-state index contributed by atoms with van der Waals surface area (Å²) in [5, 5.41) is 4.32. The molecule has 1 aliphatic carbocycles.